The Hall–Kier alpha value is -2.86. The second kappa shape index (κ2) is 7.64. The number of aromatic nitrogens is 2. The molecule has 2 heterocycles. The third kappa shape index (κ3) is 3.60. The van der Waals surface area contributed by atoms with Crippen LogP contribution < -0.4 is 4.90 Å². The van der Waals surface area contributed by atoms with Crippen LogP contribution in [0.4, 0.5) is 10.1 Å². The van der Waals surface area contributed by atoms with Crippen molar-refractivity contribution in [3.8, 4) is 11.3 Å². The van der Waals surface area contributed by atoms with E-state index >= 15 is 0 Å². The second-order valence-corrected chi connectivity index (χ2v) is 7.18. The number of carbonyl (C=O) groups is 1. The first kappa shape index (κ1) is 18.5. The summed E-state index contributed by atoms with van der Waals surface area (Å²) in [7, 11) is 1.75. The third-order valence-electron chi connectivity index (χ3n) is 5.00. The lowest BCUT2D eigenvalue weighted by molar-refractivity contribution is 0.0735. The number of anilines is 1. The van der Waals surface area contributed by atoms with E-state index in [9.17, 15) is 9.18 Å². The number of nitrogens with zero attached hydrogens (tertiary/aromatic N) is 4. The van der Waals surface area contributed by atoms with Gasteiger partial charge in [-0.15, -0.1) is 0 Å². The fourth-order valence-electron chi connectivity index (χ4n) is 3.45. The van der Waals surface area contributed by atoms with Crippen molar-refractivity contribution < 1.29 is 9.18 Å². The fourth-order valence-corrected chi connectivity index (χ4v) is 3.71. The summed E-state index contributed by atoms with van der Waals surface area (Å²) in [5.74, 6) is -0.352. The van der Waals surface area contributed by atoms with Gasteiger partial charge in [-0.1, -0.05) is 23.7 Å². The highest BCUT2D eigenvalue weighted by Gasteiger charge is 2.25. The lowest BCUT2D eigenvalue weighted by atomic mass is 10.1. The molecular formula is C21H20ClFN4O. The van der Waals surface area contributed by atoms with Gasteiger partial charge in [0.2, 0.25) is 0 Å². The largest absolute Gasteiger partial charge is 0.367 e. The molecule has 144 valence electrons. The minimum absolute atomic E-state index is 0.0535. The molecule has 1 saturated heterocycles. The number of aryl methyl sites for hydroxylation is 1. The van der Waals surface area contributed by atoms with Gasteiger partial charge >= 0.3 is 0 Å². The van der Waals surface area contributed by atoms with Crippen LogP contribution >= 0.6 is 11.6 Å². The summed E-state index contributed by atoms with van der Waals surface area (Å²) in [4.78, 5) is 17.0. The van der Waals surface area contributed by atoms with Gasteiger partial charge in [0.05, 0.1) is 16.4 Å². The molecule has 0 N–H and O–H groups in total. The quantitative estimate of drug-likeness (QED) is 0.673. The SMILES string of the molecule is Cn1nc(-c2ccc(F)cc2)cc1C(=O)N1CCN(c2ccccc2Cl)CC1. The first-order valence-corrected chi connectivity index (χ1v) is 9.49. The minimum atomic E-state index is -0.299. The van der Waals surface area contributed by atoms with Gasteiger partial charge in [-0.05, 0) is 42.5 Å². The van der Waals surface area contributed by atoms with E-state index in [1.165, 1.54) is 12.1 Å². The Morgan fingerprint density at radius 1 is 1.04 bits per heavy atom. The van der Waals surface area contributed by atoms with Gasteiger partial charge in [0.1, 0.15) is 11.5 Å². The van der Waals surface area contributed by atoms with Crippen molar-refractivity contribution in [3.63, 3.8) is 0 Å². The predicted octanol–water partition coefficient (Wildman–Crippen LogP) is 3.84. The van der Waals surface area contributed by atoms with Crippen molar-refractivity contribution in [3.05, 3.63) is 71.1 Å². The molecule has 4 rings (SSSR count). The van der Waals surface area contributed by atoms with Crippen LogP contribution in [0.15, 0.2) is 54.6 Å². The number of carbonyl (C=O) groups excluding carboxylic acids is 1. The molecule has 0 spiro atoms. The second-order valence-electron chi connectivity index (χ2n) is 6.78. The zero-order valence-corrected chi connectivity index (χ0v) is 16.2. The molecule has 0 bridgehead atoms. The molecule has 1 aliphatic rings. The summed E-state index contributed by atoms with van der Waals surface area (Å²) in [6.07, 6.45) is 0. The summed E-state index contributed by atoms with van der Waals surface area (Å²) in [6, 6.07) is 15.6. The number of amides is 1. The average Bonchev–Trinajstić information content (AvgIpc) is 3.10. The monoisotopic (exact) mass is 398 g/mol. The predicted molar refractivity (Wildman–Crippen MR) is 108 cm³/mol. The summed E-state index contributed by atoms with van der Waals surface area (Å²) < 4.78 is 14.7. The molecule has 1 fully saturated rings. The Bertz CT molecular complexity index is 994. The lowest BCUT2D eigenvalue weighted by Gasteiger charge is -2.36. The van der Waals surface area contributed by atoms with E-state index in [2.05, 4.69) is 10.00 Å². The van der Waals surface area contributed by atoms with Gasteiger partial charge in [-0.2, -0.15) is 5.10 Å². The number of rotatable bonds is 3. The van der Waals surface area contributed by atoms with E-state index < -0.39 is 0 Å². The molecule has 1 aliphatic heterocycles. The van der Waals surface area contributed by atoms with Crippen LogP contribution in [0.1, 0.15) is 10.5 Å². The number of hydrogen-bond donors (Lipinski definition) is 0. The maximum Gasteiger partial charge on any atom is 0.272 e. The lowest BCUT2D eigenvalue weighted by Crippen LogP contribution is -2.49. The molecular weight excluding hydrogens is 379 g/mol. The Labute approximate surface area is 167 Å². The number of hydrogen-bond acceptors (Lipinski definition) is 3. The highest BCUT2D eigenvalue weighted by Crippen LogP contribution is 2.26. The van der Waals surface area contributed by atoms with Crippen molar-refractivity contribution >= 4 is 23.2 Å². The van der Waals surface area contributed by atoms with Crippen molar-refractivity contribution in [2.24, 2.45) is 7.05 Å². The van der Waals surface area contributed by atoms with Crippen LogP contribution in [-0.2, 0) is 7.05 Å². The Morgan fingerprint density at radius 3 is 2.39 bits per heavy atom. The summed E-state index contributed by atoms with van der Waals surface area (Å²) in [6.45, 7) is 2.67. The molecule has 0 aliphatic carbocycles. The first-order chi connectivity index (χ1) is 13.5. The maximum absolute atomic E-state index is 13.1. The molecule has 0 atom stereocenters. The van der Waals surface area contributed by atoms with E-state index in [4.69, 9.17) is 11.6 Å². The van der Waals surface area contributed by atoms with Gasteiger partial charge in [0.15, 0.2) is 0 Å². The standard InChI is InChI=1S/C21H20ClFN4O/c1-25-20(14-18(24-25)15-6-8-16(23)9-7-15)21(28)27-12-10-26(11-13-27)19-5-3-2-4-17(19)22/h2-9,14H,10-13H2,1H3. The first-order valence-electron chi connectivity index (χ1n) is 9.11. The number of halogens is 2. The number of piperazine rings is 1. The third-order valence-corrected chi connectivity index (χ3v) is 5.32. The fraction of sp³-hybridized carbons (Fsp3) is 0.238. The van der Waals surface area contributed by atoms with E-state index in [1.54, 1.807) is 29.9 Å². The Morgan fingerprint density at radius 2 is 1.71 bits per heavy atom. The van der Waals surface area contributed by atoms with Crippen LogP contribution in [0.3, 0.4) is 0 Å². The van der Waals surface area contributed by atoms with Crippen LogP contribution in [0, 0.1) is 5.82 Å². The normalized spacial score (nSPS) is 14.4. The van der Waals surface area contributed by atoms with Gasteiger partial charge in [0.25, 0.3) is 5.91 Å². The highest BCUT2D eigenvalue weighted by molar-refractivity contribution is 6.33. The van der Waals surface area contributed by atoms with Crippen LogP contribution in [0.25, 0.3) is 11.3 Å². The van der Waals surface area contributed by atoms with Crippen molar-refractivity contribution in [1.82, 2.24) is 14.7 Å². The molecule has 2 aromatic carbocycles. The highest BCUT2D eigenvalue weighted by atomic mass is 35.5. The Kier molecular flexibility index (Phi) is 5.05. The topological polar surface area (TPSA) is 41.4 Å². The van der Waals surface area contributed by atoms with E-state index in [0.717, 1.165) is 29.4 Å². The molecule has 0 unspecified atom stereocenters. The van der Waals surface area contributed by atoms with Crippen LogP contribution in [0.2, 0.25) is 5.02 Å². The number of para-hydroxylation sites is 1. The molecule has 1 amide bonds. The van der Waals surface area contributed by atoms with Crippen molar-refractivity contribution in [1.29, 1.82) is 0 Å². The van der Waals surface area contributed by atoms with Gasteiger partial charge < -0.3 is 9.80 Å². The molecule has 5 nitrogen and oxygen atoms in total. The molecule has 3 aromatic rings. The summed E-state index contributed by atoms with van der Waals surface area (Å²) >= 11 is 6.29. The molecule has 0 saturated carbocycles. The van der Waals surface area contributed by atoms with E-state index in [-0.39, 0.29) is 11.7 Å². The average molecular weight is 399 g/mol. The molecule has 1 aromatic heterocycles. The Balaban J connectivity index is 1.47. The molecule has 28 heavy (non-hydrogen) atoms. The molecule has 7 heteroatoms. The zero-order valence-electron chi connectivity index (χ0n) is 15.5. The van der Waals surface area contributed by atoms with Crippen LogP contribution in [-0.4, -0.2) is 46.8 Å². The smallest absolute Gasteiger partial charge is 0.272 e. The summed E-state index contributed by atoms with van der Waals surface area (Å²) in [5.41, 5.74) is 2.95. The molecule has 0 radical (unpaired) electrons. The van der Waals surface area contributed by atoms with Gasteiger partial charge in [0, 0.05) is 38.8 Å². The summed E-state index contributed by atoms with van der Waals surface area (Å²) in [5, 5.41) is 5.14. The zero-order chi connectivity index (χ0) is 19.7. The minimum Gasteiger partial charge on any atom is -0.367 e. The van der Waals surface area contributed by atoms with Crippen molar-refractivity contribution in [2.45, 2.75) is 0 Å². The van der Waals surface area contributed by atoms with Crippen LogP contribution in [0.5, 0.6) is 0 Å². The maximum atomic E-state index is 13.1. The van der Waals surface area contributed by atoms with Gasteiger partial charge in [-0.25, -0.2) is 4.39 Å². The van der Waals surface area contributed by atoms with E-state index in [1.807, 2.05) is 29.2 Å². The number of benzene rings is 2. The van der Waals surface area contributed by atoms with Crippen molar-refractivity contribution in [2.75, 3.05) is 31.1 Å². The van der Waals surface area contributed by atoms with E-state index in [0.29, 0.717) is 24.5 Å². The van der Waals surface area contributed by atoms with Gasteiger partial charge in [-0.3, -0.25) is 9.48 Å².